The van der Waals surface area contributed by atoms with E-state index in [0.717, 1.165) is 44.2 Å². The second kappa shape index (κ2) is 5.95. The molecule has 2 aliphatic rings. The van der Waals surface area contributed by atoms with Gasteiger partial charge in [-0.15, -0.1) is 10.2 Å². The van der Waals surface area contributed by atoms with E-state index < -0.39 is 10.0 Å². The summed E-state index contributed by atoms with van der Waals surface area (Å²) in [6, 6.07) is 0.0162. The molecule has 0 aromatic carbocycles. The quantitative estimate of drug-likeness (QED) is 0.881. The van der Waals surface area contributed by atoms with Gasteiger partial charge >= 0.3 is 0 Å². The van der Waals surface area contributed by atoms with E-state index in [9.17, 15) is 8.42 Å². The maximum atomic E-state index is 13.1. The number of sulfonamides is 1. The maximum absolute atomic E-state index is 13.1. The molecule has 0 unspecified atom stereocenters. The summed E-state index contributed by atoms with van der Waals surface area (Å²) in [5, 5.41) is 8.27. The molecule has 136 valence electrons. The van der Waals surface area contributed by atoms with Crippen molar-refractivity contribution in [1.82, 2.24) is 19.5 Å². The predicted octanol–water partition coefficient (Wildman–Crippen LogP) is 2.79. The Labute approximate surface area is 147 Å². The Morgan fingerprint density at radius 3 is 2.40 bits per heavy atom. The predicted molar refractivity (Wildman–Crippen MR) is 92.7 cm³/mol. The molecule has 2 fully saturated rings. The van der Waals surface area contributed by atoms with Crippen LogP contribution in [0.2, 0.25) is 0 Å². The molecule has 25 heavy (non-hydrogen) atoms. The average Bonchev–Trinajstić information content (AvgIpc) is 2.99. The van der Waals surface area contributed by atoms with Crippen molar-refractivity contribution < 1.29 is 12.8 Å². The summed E-state index contributed by atoms with van der Waals surface area (Å²) in [6.07, 6.45) is 6.05. The highest BCUT2D eigenvalue weighted by atomic mass is 32.2. The standard InChI is InChI=1S/C17H24N4O3S/c1-10-14(17-19-18-16(24-17)12-8-9-12)15(11(2)21(10)3)25(22,23)20-13-6-4-5-7-13/h12-13,20H,4-9H2,1-3H3. The number of nitrogens with zero attached hydrogens (tertiary/aromatic N) is 3. The highest BCUT2D eigenvalue weighted by Gasteiger charge is 2.34. The van der Waals surface area contributed by atoms with Gasteiger partial charge in [0.15, 0.2) is 0 Å². The van der Waals surface area contributed by atoms with E-state index in [1.807, 2.05) is 25.5 Å². The molecule has 2 heterocycles. The van der Waals surface area contributed by atoms with Gasteiger partial charge in [0.05, 0.1) is 5.56 Å². The number of aromatic nitrogens is 3. The summed E-state index contributed by atoms with van der Waals surface area (Å²) in [4.78, 5) is 0.269. The Balaban J connectivity index is 1.79. The molecular formula is C17H24N4O3S. The molecule has 0 atom stereocenters. The van der Waals surface area contributed by atoms with Crippen molar-refractivity contribution >= 4 is 10.0 Å². The third kappa shape index (κ3) is 2.91. The summed E-state index contributed by atoms with van der Waals surface area (Å²) in [6.45, 7) is 3.70. The van der Waals surface area contributed by atoms with Crippen LogP contribution < -0.4 is 4.72 Å². The topological polar surface area (TPSA) is 90.0 Å². The van der Waals surface area contributed by atoms with Crippen molar-refractivity contribution in [2.75, 3.05) is 0 Å². The van der Waals surface area contributed by atoms with E-state index in [0.29, 0.717) is 29.0 Å². The van der Waals surface area contributed by atoms with Crippen LogP contribution in [0.3, 0.4) is 0 Å². The van der Waals surface area contributed by atoms with E-state index in [2.05, 4.69) is 14.9 Å². The second-order valence-electron chi connectivity index (χ2n) is 7.26. The van der Waals surface area contributed by atoms with Gasteiger partial charge in [0, 0.05) is 30.4 Å². The van der Waals surface area contributed by atoms with E-state index >= 15 is 0 Å². The third-order valence-electron chi connectivity index (χ3n) is 5.45. The van der Waals surface area contributed by atoms with Gasteiger partial charge in [-0.3, -0.25) is 0 Å². The zero-order valence-corrected chi connectivity index (χ0v) is 15.7. The number of hydrogen-bond acceptors (Lipinski definition) is 5. The molecule has 1 N–H and O–H groups in total. The maximum Gasteiger partial charge on any atom is 0.250 e. The van der Waals surface area contributed by atoms with Crippen molar-refractivity contribution in [2.45, 2.75) is 69.2 Å². The first kappa shape index (κ1) is 16.8. The van der Waals surface area contributed by atoms with Crippen LogP contribution in [0.5, 0.6) is 0 Å². The van der Waals surface area contributed by atoms with Crippen molar-refractivity contribution in [3.63, 3.8) is 0 Å². The smallest absolute Gasteiger partial charge is 0.250 e. The Morgan fingerprint density at radius 1 is 1.08 bits per heavy atom. The first-order valence-corrected chi connectivity index (χ1v) is 10.4. The molecule has 0 bridgehead atoms. The molecule has 0 aliphatic heterocycles. The van der Waals surface area contributed by atoms with Gasteiger partial charge in [-0.25, -0.2) is 13.1 Å². The van der Waals surface area contributed by atoms with Crippen molar-refractivity contribution in [3.8, 4) is 11.5 Å². The van der Waals surface area contributed by atoms with Crippen LogP contribution in [0.15, 0.2) is 9.31 Å². The van der Waals surface area contributed by atoms with Gasteiger partial charge in [0.1, 0.15) is 4.90 Å². The second-order valence-corrected chi connectivity index (χ2v) is 8.91. The zero-order valence-electron chi connectivity index (χ0n) is 14.9. The van der Waals surface area contributed by atoms with Crippen LogP contribution in [0.1, 0.15) is 61.7 Å². The lowest BCUT2D eigenvalue weighted by atomic mass is 10.2. The zero-order chi connectivity index (χ0) is 17.8. The lowest BCUT2D eigenvalue weighted by molar-refractivity contribution is 0.506. The summed E-state index contributed by atoms with van der Waals surface area (Å²) in [7, 11) is -1.79. The van der Waals surface area contributed by atoms with Gasteiger partial charge in [-0.2, -0.15) is 0 Å². The monoisotopic (exact) mass is 364 g/mol. The van der Waals surface area contributed by atoms with Crippen LogP contribution in [-0.2, 0) is 17.1 Å². The molecule has 0 spiro atoms. The average molecular weight is 364 g/mol. The Hall–Kier alpha value is -1.67. The molecule has 0 radical (unpaired) electrons. The summed E-state index contributed by atoms with van der Waals surface area (Å²) < 4.78 is 36.8. The van der Waals surface area contributed by atoms with Gasteiger partial charge in [0.2, 0.25) is 15.9 Å². The Kier molecular flexibility index (Phi) is 3.99. The van der Waals surface area contributed by atoms with E-state index in [-0.39, 0.29) is 10.9 Å². The SMILES string of the molecule is Cc1c(-c2nnc(C3CC3)o2)c(S(=O)(=O)NC2CCCC2)c(C)n1C. The molecule has 7 nitrogen and oxygen atoms in total. The fourth-order valence-corrected chi connectivity index (χ4v) is 5.47. The molecule has 2 saturated carbocycles. The van der Waals surface area contributed by atoms with Crippen LogP contribution >= 0.6 is 0 Å². The summed E-state index contributed by atoms with van der Waals surface area (Å²) in [5.41, 5.74) is 2.03. The number of nitrogens with one attached hydrogen (secondary N) is 1. The molecule has 2 aromatic heterocycles. The number of rotatable bonds is 5. The van der Waals surface area contributed by atoms with Gasteiger partial charge in [-0.1, -0.05) is 12.8 Å². The van der Waals surface area contributed by atoms with Crippen LogP contribution in [0.4, 0.5) is 0 Å². The largest absolute Gasteiger partial charge is 0.420 e. The van der Waals surface area contributed by atoms with Gasteiger partial charge in [0.25, 0.3) is 5.89 Å². The van der Waals surface area contributed by atoms with Crippen molar-refractivity contribution in [2.24, 2.45) is 7.05 Å². The van der Waals surface area contributed by atoms with Gasteiger partial charge < -0.3 is 8.98 Å². The molecule has 2 aliphatic carbocycles. The molecule has 8 heteroatoms. The highest BCUT2D eigenvalue weighted by Crippen LogP contribution is 2.41. The van der Waals surface area contributed by atoms with Crippen LogP contribution in [0, 0.1) is 13.8 Å². The van der Waals surface area contributed by atoms with Crippen LogP contribution in [0.25, 0.3) is 11.5 Å². The van der Waals surface area contributed by atoms with Crippen LogP contribution in [-0.4, -0.2) is 29.2 Å². The number of hydrogen-bond donors (Lipinski definition) is 1. The molecule has 4 rings (SSSR count). The molecule has 0 saturated heterocycles. The Bertz CT molecular complexity index is 903. The minimum atomic E-state index is -3.65. The lowest BCUT2D eigenvalue weighted by Gasteiger charge is -2.13. The lowest BCUT2D eigenvalue weighted by Crippen LogP contribution is -2.33. The summed E-state index contributed by atoms with van der Waals surface area (Å²) >= 11 is 0. The molecule has 0 amide bonds. The summed E-state index contributed by atoms with van der Waals surface area (Å²) in [5.74, 6) is 1.25. The highest BCUT2D eigenvalue weighted by molar-refractivity contribution is 7.89. The van der Waals surface area contributed by atoms with Crippen molar-refractivity contribution in [1.29, 1.82) is 0 Å². The van der Waals surface area contributed by atoms with E-state index in [1.54, 1.807) is 0 Å². The molecule has 2 aromatic rings. The minimum absolute atomic E-state index is 0.0162. The third-order valence-corrected chi connectivity index (χ3v) is 7.13. The first-order chi connectivity index (χ1) is 11.9. The fraction of sp³-hybridized carbons (Fsp3) is 0.647. The fourth-order valence-electron chi connectivity index (χ4n) is 3.65. The Morgan fingerprint density at radius 2 is 1.76 bits per heavy atom. The van der Waals surface area contributed by atoms with E-state index in [4.69, 9.17) is 4.42 Å². The van der Waals surface area contributed by atoms with E-state index in [1.165, 1.54) is 0 Å². The van der Waals surface area contributed by atoms with Crippen molar-refractivity contribution in [3.05, 3.63) is 17.3 Å². The normalized spacial score (nSPS) is 19.0. The van der Waals surface area contributed by atoms with Gasteiger partial charge in [-0.05, 0) is 39.5 Å². The first-order valence-electron chi connectivity index (χ1n) is 8.90. The molecular weight excluding hydrogens is 340 g/mol. The minimum Gasteiger partial charge on any atom is -0.420 e.